The van der Waals surface area contributed by atoms with Gasteiger partial charge in [0.05, 0.1) is 6.20 Å². The minimum atomic E-state index is -0.255. The van der Waals surface area contributed by atoms with Crippen molar-refractivity contribution in [3.05, 3.63) is 29.8 Å². The van der Waals surface area contributed by atoms with E-state index in [9.17, 15) is 4.39 Å². The fraction of sp³-hybridized carbons (Fsp3) is 0.500. The predicted octanol–water partition coefficient (Wildman–Crippen LogP) is 1.76. The molecule has 3 heteroatoms. The molecule has 0 aliphatic heterocycles. The van der Waals surface area contributed by atoms with Crippen molar-refractivity contribution in [1.29, 1.82) is 0 Å². The number of pyridine rings is 1. The molecule has 0 bridgehead atoms. The molecule has 1 unspecified atom stereocenters. The van der Waals surface area contributed by atoms with Crippen LogP contribution in [0.2, 0.25) is 0 Å². The molecule has 13 heavy (non-hydrogen) atoms. The monoisotopic (exact) mass is 182 g/mol. The summed E-state index contributed by atoms with van der Waals surface area (Å²) >= 11 is 0. The fourth-order valence-corrected chi connectivity index (χ4v) is 1.12. The summed E-state index contributed by atoms with van der Waals surface area (Å²) in [5.74, 6) is -0.255. The van der Waals surface area contributed by atoms with Crippen LogP contribution in [-0.4, -0.2) is 18.1 Å². The molecule has 1 aromatic heterocycles. The van der Waals surface area contributed by atoms with E-state index in [2.05, 4.69) is 17.2 Å². The van der Waals surface area contributed by atoms with Crippen molar-refractivity contribution in [3.63, 3.8) is 0 Å². The van der Waals surface area contributed by atoms with Gasteiger partial charge >= 0.3 is 0 Å². The molecule has 0 amide bonds. The summed E-state index contributed by atoms with van der Waals surface area (Å²) in [7, 11) is 1.93. The van der Waals surface area contributed by atoms with Gasteiger partial charge < -0.3 is 5.32 Å². The first-order valence-electron chi connectivity index (χ1n) is 4.49. The largest absolute Gasteiger partial charge is 0.317 e. The van der Waals surface area contributed by atoms with Gasteiger partial charge in [0.1, 0.15) is 5.82 Å². The lowest BCUT2D eigenvalue weighted by atomic mass is 10.1. The van der Waals surface area contributed by atoms with Gasteiger partial charge in [0.15, 0.2) is 0 Å². The molecule has 0 saturated carbocycles. The van der Waals surface area contributed by atoms with Gasteiger partial charge in [0, 0.05) is 12.2 Å². The van der Waals surface area contributed by atoms with Crippen LogP contribution in [0.4, 0.5) is 4.39 Å². The molecule has 0 aliphatic rings. The molecule has 0 aromatic carbocycles. The van der Waals surface area contributed by atoms with Gasteiger partial charge in [-0.2, -0.15) is 0 Å². The van der Waals surface area contributed by atoms with Crippen molar-refractivity contribution in [1.82, 2.24) is 10.3 Å². The predicted molar refractivity (Wildman–Crippen MR) is 51.0 cm³/mol. The number of hydrogen-bond donors (Lipinski definition) is 1. The maximum absolute atomic E-state index is 12.7. The summed E-state index contributed by atoms with van der Waals surface area (Å²) in [6.45, 7) is 2.10. The van der Waals surface area contributed by atoms with Crippen molar-refractivity contribution < 1.29 is 4.39 Å². The van der Waals surface area contributed by atoms with E-state index in [1.54, 1.807) is 6.20 Å². The van der Waals surface area contributed by atoms with E-state index in [1.807, 2.05) is 7.05 Å². The van der Waals surface area contributed by atoms with Crippen LogP contribution in [0.1, 0.15) is 18.9 Å². The number of nitrogens with zero attached hydrogens (tertiary/aromatic N) is 1. The Morgan fingerprint density at radius 1 is 1.54 bits per heavy atom. The third-order valence-corrected chi connectivity index (χ3v) is 2.12. The van der Waals surface area contributed by atoms with Crippen LogP contribution in [0, 0.1) is 5.82 Å². The zero-order valence-corrected chi connectivity index (χ0v) is 8.05. The van der Waals surface area contributed by atoms with Crippen LogP contribution >= 0.6 is 0 Å². The summed E-state index contributed by atoms with van der Waals surface area (Å²) in [6, 6.07) is 2.00. The Kier molecular flexibility index (Phi) is 3.83. The summed E-state index contributed by atoms with van der Waals surface area (Å²) in [4.78, 5) is 3.79. The Morgan fingerprint density at radius 3 is 2.92 bits per heavy atom. The summed E-state index contributed by atoms with van der Waals surface area (Å²) in [6.07, 6.45) is 4.81. The SMILES string of the molecule is CNC(C)CCc1cncc(F)c1. The number of aryl methyl sites for hydroxylation is 1. The molecule has 72 valence electrons. The molecule has 1 rings (SSSR count). The molecule has 2 nitrogen and oxygen atoms in total. The topological polar surface area (TPSA) is 24.9 Å². The molecule has 1 atom stereocenters. The van der Waals surface area contributed by atoms with E-state index in [0.717, 1.165) is 18.4 Å². The van der Waals surface area contributed by atoms with Gasteiger partial charge in [0.25, 0.3) is 0 Å². The number of halogens is 1. The molecule has 1 aromatic rings. The Morgan fingerprint density at radius 2 is 2.31 bits per heavy atom. The highest BCUT2D eigenvalue weighted by atomic mass is 19.1. The average Bonchev–Trinajstić information content (AvgIpc) is 2.14. The van der Waals surface area contributed by atoms with E-state index < -0.39 is 0 Å². The molecule has 0 spiro atoms. The number of nitrogens with one attached hydrogen (secondary N) is 1. The molecule has 0 fully saturated rings. The summed E-state index contributed by atoms with van der Waals surface area (Å²) in [5.41, 5.74) is 0.960. The lowest BCUT2D eigenvalue weighted by Crippen LogP contribution is -2.21. The molecular formula is C10H15FN2. The summed E-state index contributed by atoms with van der Waals surface area (Å²) in [5, 5.41) is 3.14. The van der Waals surface area contributed by atoms with Gasteiger partial charge in [-0.3, -0.25) is 4.98 Å². The number of rotatable bonds is 4. The van der Waals surface area contributed by atoms with E-state index >= 15 is 0 Å². The van der Waals surface area contributed by atoms with Crippen LogP contribution in [0.15, 0.2) is 18.5 Å². The van der Waals surface area contributed by atoms with Crippen LogP contribution in [0.25, 0.3) is 0 Å². The van der Waals surface area contributed by atoms with Crippen molar-refractivity contribution in [2.24, 2.45) is 0 Å². The maximum atomic E-state index is 12.7. The highest BCUT2D eigenvalue weighted by molar-refractivity contribution is 5.10. The minimum Gasteiger partial charge on any atom is -0.317 e. The second-order valence-corrected chi connectivity index (χ2v) is 3.24. The minimum absolute atomic E-state index is 0.255. The van der Waals surface area contributed by atoms with Crippen LogP contribution in [0.3, 0.4) is 0 Å². The normalized spacial score (nSPS) is 12.8. The zero-order valence-electron chi connectivity index (χ0n) is 8.05. The lowest BCUT2D eigenvalue weighted by Gasteiger charge is -2.08. The van der Waals surface area contributed by atoms with E-state index in [1.165, 1.54) is 12.3 Å². The zero-order chi connectivity index (χ0) is 9.68. The smallest absolute Gasteiger partial charge is 0.141 e. The van der Waals surface area contributed by atoms with E-state index in [4.69, 9.17) is 0 Å². The first kappa shape index (κ1) is 10.1. The van der Waals surface area contributed by atoms with Crippen LogP contribution in [-0.2, 0) is 6.42 Å². The van der Waals surface area contributed by atoms with Gasteiger partial charge in [-0.25, -0.2) is 4.39 Å². The van der Waals surface area contributed by atoms with Gasteiger partial charge in [-0.15, -0.1) is 0 Å². The third-order valence-electron chi connectivity index (χ3n) is 2.12. The molecule has 1 heterocycles. The molecule has 0 saturated heterocycles. The Labute approximate surface area is 78.2 Å². The second-order valence-electron chi connectivity index (χ2n) is 3.24. The van der Waals surface area contributed by atoms with Gasteiger partial charge in [-0.1, -0.05) is 0 Å². The van der Waals surface area contributed by atoms with E-state index in [-0.39, 0.29) is 5.82 Å². The molecule has 0 aliphatic carbocycles. The third kappa shape index (κ3) is 3.51. The molecular weight excluding hydrogens is 167 g/mol. The number of aromatic nitrogens is 1. The van der Waals surface area contributed by atoms with Crippen LogP contribution in [0.5, 0.6) is 0 Å². The van der Waals surface area contributed by atoms with Gasteiger partial charge in [0.2, 0.25) is 0 Å². The highest BCUT2D eigenvalue weighted by Gasteiger charge is 2.00. The first-order valence-corrected chi connectivity index (χ1v) is 4.49. The number of hydrogen-bond acceptors (Lipinski definition) is 2. The average molecular weight is 182 g/mol. The quantitative estimate of drug-likeness (QED) is 0.767. The Bertz CT molecular complexity index is 263. The van der Waals surface area contributed by atoms with Crippen molar-refractivity contribution >= 4 is 0 Å². The van der Waals surface area contributed by atoms with Crippen molar-refractivity contribution in [2.45, 2.75) is 25.8 Å². The van der Waals surface area contributed by atoms with E-state index in [0.29, 0.717) is 6.04 Å². The standard InChI is InChI=1S/C10H15FN2/c1-8(12-2)3-4-9-5-10(11)7-13-6-9/h5-8,12H,3-4H2,1-2H3. The summed E-state index contributed by atoms with van der Waals surface area (Å²) < 4.78 is 12.7. The fourth-order valence-electron chi connectivity index (χ4n) is 1.12. The molecule has 0 radical (unpaired) electrons. The lowest BCUT2D eigenvalue weighted by molar-refractivity contribution is 0.561. The van der Waals surface area contributed by atoms with Crippen molar-refractivity contribution in [3.8, 4) is 0 Å². The Hall–Kier alpha value is -0.960. The van der Waals surface area contributed by atoms with Crippen molar-refractivity contribution in [2.75, 3.05) is 7.05 Å². The van der Waals surface area contributed by atoms with Gasteiger partial charge in [-0.05, 0) is 38.4 Å². The first-order chi connectivity index (χ1) is 6.22. The van der Waals surface area contributed by atoms with Crippen LogP contribution < -0.4 is 5.32 Å². The second kappa shape index (κ2) is 4.92. The molecule has 1 N–H and O–H groups in total. The Balaban J connectivity index is 2.45. The maximum Gasteiger partial charge on any atom is 0.141 e. The highest BCUT2D eigenvalue weighted by Crippen LogP contribution is 2.05.